The lowest BCUT2D eigenvalue weighted by Crippen LogP contribution is -2.49. The highest BCUT2D eigenvalue weighted by Gasteiger charge is 2.38. The van der Waals surface area contributed by atoms with Crippen LogP contribution in [0.4, 0.5) is 13.2 Å². The summed E-state index contributed by atoms with van der Waals surface area (Å²) in [7, 11) is 0. The number of hydrogen-bond acceptors (Lipinski definition) is 4. The van der Waals surface area contributed by atoms with E-state index in [1.54, 1.807) is 0 Å². The van der Waals surface area contributed by atoms with Crippen LogP contribution in [0.3, 0.4) is 0 Å². The molecular weight excluding hydrogens is 233 g/mol. The molecule has 1 aliphatic rings. The molecule has 0 aliphatic carbocycles. The summed E-state index contributed by atoms with van der Waals surface area (Å²) in [5, 5.41) is 15.6. The molecule has 1 atom stereocenters. The minimum Gasteiger partial charge on any atom is -0.480 e. The van der Waals surface area contributed by atoms with Gasteiger partial charge in [-0.25, -0.2) is 10.2 Å². The van der Waals surface area contributed by atoms with E-state index in [0.29, 0.717) is 0 Å². The van der Waals surface area contributed by atoms with Gasteiger partial charge < -0.3 is 10.2 Å². The average molecular weight is 244 g/mol. The summed E-state index contributed by atoms with van der Waals surface area (Å²) in [5.41, 5.74) is 5.45. The van der Waals surface area contributed by atoms with Crippen LogP contribution in [0.1, 0.15) is 12.8 Å². The van der Waals surface area contributed by atoms with Crippen molar-refractivity contribution in [2.24, 2.45) is 0 Å². The van der Waals surface area contributed by atoms with Crippen LogP contribution in [0.15, 0.2) is 0 Å². The van der Waals surface area contributed by atoms with Gasteiger partial charge in [0.1, 0.15) is 6.04 Å². The molecule has 0 bridgehead atoms. The molecule has 9 heteroatoms. The summed E-state index contributed by atoms with van der Waals surface area (Å²) in [4.78, 5) is 19.1. The van der Waals surface area contributed by atoms with Crippen molar-refractivity contribution < 1.29 is 33.0 Å². The van der Waals surface area contributed by atoms with E-state index in [1.807, 2.05) is 0 Å². The fourth-order valence-corrected chi connectivity index (χ4v) is 0.847. The molecule has 0 aromatic rings. The van der Waals surface area contributed by atoms with Gasteiger partial charge in [-0.2, -0.15) is 13.2 Å². The monoisotopic (exact) mass is 244 g/mol. The molecule has 4 N–H and O–H groups in total. The van der Waals surface area contributed by atoms with Crippen LogP contribution >= 0.6 is 0 Å². The number of hydrazine groups is 1. The zero-order valence-electron chi connectivity index (χ0n) is 8.04. The van der Waals surface area contributed by atoms with E-state index in [2.05, 4.69) is 10.9 Å². The molecule has 0 saturated carbocycles. The average Bonchev–Trinajstić information content (AvgIpc) is 2.18. The van der Waals surface area contributed by atoms with Crippen LogP contribution in [0.25, 0.3) is 0 Å². The number of carbonyl (C=O) groups is 2. The number of nitrogens with one attached hydrogen (secondary N) is 2. The first-order valence-corrected chi connectivity index (χ1v) is 4.26. The Balaban J connectivity index is 0.000000293. The van der Waals surface area contributed by atoms with E-state index in [9.17, 15) is 18.0 Å². The molecule has 0 spiro atoms. The van der Waals surface area contributed by atoms with E-state index in [4.69, 9.17) is 15.0 Å². The molecule has 6 nitrogen and oxygen atoms in total. The third-order valence-corrected chi connectivity index (χ3v) is 1.61. The van der Waals surface area contributed by atoms with Gasteiger partial charge in [0.05, 0.1) is 0 Å². The first-order valence-electron chi connectivity index (χ1n) is 4.26. The Hall–Kier alpha value is -1.35. The maximum Gasteiger partial charge on any atom is 0.490 e. The molecule has 16 heavy (non-hydrogen) atoms. The van der Waals surface area contributed by atoms with Crippen LogP contribution in [0, 0.1) is 0 Å². The van der Waals surface area contributed by atoms with Crippen molar-refractivity contribution >= 4 is 11.9 Å². The molecule has 1 rings (SSSR count). The lowest BCUT2D eigenvalue weighted by Gasteiger charge is -2.19. The smallest absolute Gasteiger partial charge is 0.480 e. The number of hydrogen-bond donors (Lipinski definition) is 4. The first-order chi connectivity index (χ1) is 7.25. The number of carboxylic acid groups (broad SMARTS) is 2. The number of aliphatic carboxylic acids is 2. The second-order valence-corrected chi connectivity index (χ2v) is 2.91. The van der Waals surface area contributed by atoms with E-state index in [-0.39, 0.29) is 0 Å². The van der Waals surface area contributed by atoms with Crippen molar-refractivity contribution in [2.45, 2.75) is 25.1 Å². The molecule has 1 saturated heterocycles. The van der Waals surface area contributed by atoms with Gasteiger partial charge in [-0.05, 0) is 12.8 Å². The number of alkyl halides is 3. The predicted molar refractivity (Wildman–Crippen MR) is 45.5 cm³/mol. The fraction of sp³-hybridized carbons (Fsp3) is 0.714. The van der Waals surface area contributed by atoms with Gasteiger partial charge in [0.25, 0.3) is 0 Å². The van der Waals surface area contributed by atoms with E-state index >= 15 is 0 Å². The minimum absolute atomic E-state index is 0.390. The lowest BCUT2D eigenvalue weighted by atomic mass is 10.1. The maximum absolute atomic E-state index is 10.6. The molecule has 1 heterocycles. The van der Waals surface area contributed by atoms with Crippen LogP contribution in [0.2, 0.25) is 0 Å². The van der Waals surface area contributed by atoms with Crippen LogP contribution < -0.4 is 10.9 Å². The molecule has 94 valence electrons. The van der Waals surface area contributed by atoms with Gasteiger partial charge in [-0.1, -0.05) is 0 Å². The lowest BCUT2D eigenvalue weighted by molar-refractivity contribution is -0.192. The van der Waals surface area contributed by atoms with Gasteiger partial charge in [-0.3, -0.25) is 10.2 Å². The topological polar surface area (TPSA) is 98.7 Å². The number of carboxylic acids is 2. The van der Waals surface area contributed by atoms with Crippen LogP contribution in [0.5, 0.6) is 0 Å². The van der Waals surface area contributed by atoms with Crippen molar-refractivity contribution in [1.29, 1.82) is 0 Å². The Bertz CT molecular complexity index is 251. The Morgan fingerprint density at radius 2 is 1.75 bits per heavy atom. The zero-order valence-corrected chi connectivity index (χ0v) is 8.04. The SMILES string of the molecule is O=C(O)C(F)(F)F.O=C(O)[C@H]1CCCNN1. The second-order valence-electron chi connectivity index (χ2n) is 2.91. The van der Waals surface area contributed by atoms with E-state index in [0.717, 1.165) is 19.4 Å². The first kappa shape index (κ1) is 14.6. The molecule has 0 amide bonds. The van der Waals surface area contributed by atoms with E-state index < -0.39 is 24.2 Å². The van der Waals surface area contributed by atoms with Crippen LogP contribution in [-0.2, 0) is 9.59 Å². The van der Waals surface area contributed by atoms with Gasteiger partial charge in [0.2, 0.25) is 0 Å². The molecule has 0 aromatic carbocycles. The highest BCUT2D eigenvalue weighted by molar-refractivity contribution is 5.73. The van der Waals surface area contributed by atoms with E-state index in [1.165, 1.54) is 0 Å². The fourth-order valence-electron chi connectivity index (χ4n) is 0.847. The molecule has 1 aliphatic heterocycles. The van der Waals surface area contributed by atoms with Gasteiger partial charge in [0.15, 0.2) is 0 Å². The zero-order chi connectivity index (χ0) is 12.8. The number of halogens is 3. The molecule has 0 unspecified atom stereocenters. The van der Waals surface area contributed by atoms with Crippen molar-refractivity contribution in [1.82, 2.24) is 10.9 Å². The summed E-state index contributed by atoms with van der Waals surface area (Å²) in [6, 6.07) is -0.390. The van der Waals surface area contributed by atoms with Gasteiger partial charge in [0, 0.05) is 6.54 Å². The summed E-state index contributed by atoms with van der Waals surface area (Å²) in [6.07, 6.45) is -3.42. The summed E-state index contributed by atoms with van der Waals surface area (Å²) >= 11 is 0. The summed E-state index contributed by atoms with van der Waals surface area (Å²) in [6.45, 7) is 0.865. The standard InChI is InChI=1S/C5H10N2O2.C2HF3O2/c8-5(9)4-2-1-3-6-7-4;3-2(4,5)1(6)7/h4,6-7H,1-3H2,(H,8,9);(H,6,7)/t4-;/m1./s1. The van der Waals surface area contributed by atoms with Crippen molar-refractivity contribution in [3.05, 3.63) is 0 Å². The largest absolute Gasteiger partial charge is 0.490 e. The van der Waals surface area contributed by atoms with Crippen molar-refractivity contribution in [3.63, 3.8) is 0 Å². The second kappa shape index (κ2) is 6.28. The Kier molecular flexibility index (Phi) is 5.75. The summed E-state index contributed by atoms with van der Waals surface area (Å²) in [5.74, 6) is -3.53. The molecular formula is C7H11F3N2O4. The third-order valence-electron chi connectivity index (χ3n) is 1.61. The highest BCUT2D eigenvalue weighted by Crippen LogP contribution is 2.13. The Morgan fingerprint density at radius 3 is 1.94 bits per heavy atom. The van der Waals surface area contributed by atoms with Crippen LogP contribution in [-0.4, -0.2) is 40.9 Å². The third kappa shape index (κ3) is 6.19. The maximum atomic E-state index is 10.6. The Labute approximate surface area is 88.4 Å². The molecule has 1 fully saturated rings. The molecule has 0 aromatic heterocycles. The minimum atomic E-state index is -5.08. The van der Waals surface area contributed by atoms with Crippen molar-refractivity contribution in [2.75, 3.05) is 6.54 Å². The number of rotatable bonds is 1. The Morgan fingerprint density at radius 1 is 1.25 bits per heavy atom. The van der Waals surface area contributed by atoms with Crippen molar-refractivity contribution in [3.8, 4) is 0 Å². The van der Waals surface area contributed by atoms with Gasteiger partial charge >= 0.3 is 18.1 Å². The van der Waals surface area contributed by atoms with Gasteiger partial charge in [-0.15, -0.1) is 0 Å². The normalized spacial score (nSPS) is 20.6. The quantitative estimate of drug-likeness (QED) is 0.516. The molecule has 0 radical (unpaired) electrons. The predicted octanol–water partition coefficient (Wildman–Crippen LogP) is -0.0391. The highest BCUT2D eigenvalue weighted by atomic mass is 19.4. The summed E-state index contributed by atoms with van der Waals surface area (Å²) < 4.78 is 31.7.